The van der Waals surface area contributed by atoms with Gasteiger partial charge in [0, 0.05) is 25.8 Å². The van der Waals surface area contributed by atoms with E-state index in [0.717, 1.165) is 12.8 Å². The van der Waals surface area contributed by atoms with Crippen LogP contribution in [0.1, 0.15) is 23.3 Å². The minimum atomic E-state index is -1.00. The van der Waals surface area contributed by atoms with Crippen molar-refractivity contribution in [3.8, 4) is 0 Å². The Bertz CT molecular complexity index is 467. The molecule has 7 heteroatoms. The molecule has 1 amide bonds. The van der Waals surface area contributed by atoms with Crippen molar-refractivity contribution >= 4 is 11.9 Å². The van der Waals surface area contributed by atoms with Crippen LogP contribution in [0.3, 0.4) is 0 Å². The molecule has 1 aromatic heterocycles. The van der Waals surface area contributed by atoms with Crippen LogP contribution < -0.4 is 5.73 Å². The van der Waals surface area contributed by atoms with Crippen molar-refractivity contribution in [1.29, 1.82) is 0 Å². The van der Waals surface area contributed by atoms with Crippen molar-refractivity contribution in [2.24, 2.45) is 11.7 Å². The van der Waals surface area contributed by atoms with Crippen molar-refractivity contribution < 1.29 is 14.7 Å². The lowest BCUT2D eigenvalue weighted by Crippen LogP contribution is -2.37. The molecule has 1 aliphatic rings. The van der Waals surface area contributed by atoms with Gasteiger partial charge in [-0.2, -0.15) is 0 Å². The molecule has 0 aliphatic heterocycles. The minimum absolute atomic E-state index is 0.273. The average molecular weight is 266 g/mol. The van der Waals surface area contributed by atoms with E-state index >= 15 is 0 Å². The lowest BCUT2D eigenvalue weighted by atomic mass is 10.3. The minimum Gasteiger partial charge on any atom is -0.480 e. The molecule has 0 unspecified atom stereocenters. The Morgan fingerprint density at radius 3 is 2.84 bits per heavy atom. The van der Waals surface area contributed by atoms with E-state index in [2.05, 4.69) is 4.98 Å². The van der Waals surface area contributed by atoms with Gasteiger partial charge < -0.3 is 20.3 Å². The second kappa shape index (κ2) is 5.83. The van der Waals surface area contributed by atoms with Crippen molar-refractivity contribution in [1.82, 2.24) is 14.5 Å². The van der Waals surface area contributed by atoms with Crippen LogP contribution in [0.4, 0.5) is 0 Å². The molecule has 1 saturated carbocycles. The van der Waals surface area contributed by atoms with E-state index in [1.807, 2.05) is 0 Å². The summed E-state index contributed by atoms with van der Waals surface area (Å²) in [6, 6.07) is 0. The smallest absolute Gasteiger partial charge is 0.323 e. The maximum atomic E-state index is 12.2. The first-order valence-corrected chi connectivity index (χ1v) is 6.33. The van der Waals surface area contributed by atoms with E-state index in [9.17, 15) is 9.59 Å². The third kappa shape index (κ3) is 3.78. The molecule has 19 heavy (non-hydrogen) atoms. The summed E-state index contributed by atoms with van der Waals surface area (Å²) < 4.78 is 1.73. The molecule has 1 heterocycles. The predicted molar refractivity (Wildman–Crippen MR) is 67.5 cm³/mol. The van der Waals surface area contributed by atoms with Crippen molar-refractivity contribution in [2.45, 2.75) is 19.4 Å². The number of aromatic nitrogens is 2. The number of carbonyl (C=O) groups is 2. The van der Waals surface area contributed by atoms with Crippen LogP contribution in [0, 0.1) is 5.92 Å². The van der Waals surface area contributed by atoms with Crippen LogP contribution in [-0.4, -0.2) is 51.1 Å². The number of rotatable bonds is 7. The molecule has 104 valence electrons. The van der Waals surface area contributed by atoms with E-state index in [1.165, 1.54) is 11.2 Å². The number of carboxylic acid groups (broad SMARTS) is 1. The van der Waals surface area contributed by atoms with Crippen LogP contribution in [0.5, 0.6) is 0 Å². The van der Waals surface area contributed by atoms with Crippen LogP contribution in [-0.2, 0) is 11.3 Å². The highest BCUT2D eigenvalue weighted by molar-refractivity contribution is 5.94. The number of hydrogen-bond acceptors (Lipinski definition) is 4. The third-order valence-electron chi connectivity index (χ3n) is 3.03. The molecule has 0 bridgehead atoms. The molecule has 1 fully saturated rings. The summed E-state index contributed by atoms with van der Waals surface area (Å²) in [6.07, 6.45) is 5.27. The molecule has 0 radical (unpaired) electrons. The Balaban J connectivity index is 2.05. The zero-order valence-corrected chi connectivity index (χ0v) is 10.7. The van der Waals surface area contributed by atoms with Crippen LogP contribution in [0.15, 0.2) is 12.5 Å². The number of amides is 1. The van der Waals surface area contributed by atoms with Crippen molar-refractivity contribution in [3.63, 3.8) is 0 Å². The standard InChI is InChI=1S/C12H18N4O3/c13-3-4-15-6-10(14-8-15)12(19)16(7-11(17)18)5-9-1-2-9/h6,8-9H,1-5,7,13H2,(H,17,18). The van der Waals surface area contributed by atoms with Gasteiger partial charge in [-0.15, -0.1) is 0 Å². The summed E-state index contributed by atoms with van der Waals surface area (Å²) in [5.41, 5.74) is 5.70. The Kier molecular flexibility index (Phi) is 4.16. The SMILES string of the molecule is NCCn1cnc(C(=O)N(CC(=O)O)CC2CC2)c1. The van der Waals surface area contributed by atoms with Gasteiger partial charge in [0.05, 0.1) is 6.33 Å². The lowest BCUT2D eigenvalue weighted by Gasteiger charge is -2.19. The van der Waals surface area contributed by atoms with Crippen LogP contribution in [0.25, 0.3) is 0 Å². The summed E-state index contributed by atoms with van der Waals surface area (Å²) in [7, 11) is 0. The second-order valence-electron chi connectivity index (χ2n) is 4.81. The molecular formula is C12H18N4O3. The van der Waals surface area contributed by atoms with Gasteiger partial charge in [-0.05, 0) is 18.8 Å². The maximum absolute atomic E-state index is 12.2. The number of carboxylic acids is 1. The van der Waals surface area contributed by atoms with E-state index < -0.39 is 5.97 Å². The molecule has 7 nitrogen and oxygen atoms in total. The van der Waals surface area contributed by atoms with Gasteiger partial charge in [0.25, 0.3) is 5.91 Å². The van der Waals surface area contributed by atoms with Gasteiger partial charge in [-0.3, -0.25) is 9.59 Å². The van der Waals surface area contributed by atoms with Gasteiger partial charge in [-0.1, -0.05) is 0 Å². The molecule has 0 spiro atoms. The lowest BCUT2D eigenvalue weighted by molar-refractivity contribution is -0.137. The number of nitrogens with zero attached hydrogens (tertiary/aromatic N) is 3. The maximum Gasteiger partial charge on any atom is 0.323 e. The highest BCUT2D eigenvalue weighted by Crippen LogP contribution is 2.30. The average Bonchev–Trinajstić information content (AvgIpc) is 3.04. The largest absolute Gasteiger partial charge is 0.480 e. The summed E-state index contributed by atoms with van der Waals surface area (Å²) in [4.78, 5) is 28.4. The zero-order chi connectivity index (χ0) is 13.8. The predicted octanol–water partition coefficient (Wildman–Crippen LogP) is -0.221. The molecule has 0 saturated heterocycles. The molecule has 2 rings (SSSR count). The van der Waals surface area contributed by atoms with E-state index in [0.29, 0.717) is 25.6 Å². The number of nitrogens with two attached hydrogens (primary N) is 1. The van der Waals surface area contributed by atoms with Gasteiger partial charge in [-0.25, -0.2) is 4.98 Å². The highest BCUT2D eigenvalue weighted by Gasteiger charge is 2.29. The normalized spacial score (nSPS) is 14.4. The van der Waals surface area contributed by atoms with Crippen molar-refractivity contribution in [2.75, 3.05) is 19.6 Å². The topological polar surface area (TPSA) is 101 Å². The summed E-state index contributed by atoms with van der Waals surface area (Å²) in [6.45, 7) is 1.26. The van der Waals surface area contributed by atoms with Gasteiger partial charge >= 0.3 is 5.97 Å². The van der Waals surface area contributed by atoms with Crippen molar-refractivity contribution in [3.05, 3.63) is 18.2 Å². The van der Waals surface area contributed by atoms with Gasteiger partial charge in [0.15, 0.2) is 0 Å². The fraction of sp³-hybridized carbons (Fsp3) is 0.583. The molecule has 0 atom stereocenters. The molecule has 1 aliphatic carbocycles. The monoisotopic (exact) mass is 266 g/mol. The number of aliphatic carboxylic acids is 1. The Labute approximate surface area is 111 Å². The first kappa shape index (κ1) is 13.5. The fourth-order valence-corrected chi connectivity index (χ4v) is 1.90. The number of carbonyl (C=O) groups excluding carboxylic acids is 1. The summed E-state index contributed by atoms with van der Waals surface area (Å²) >= 11 is 0. The van der Waals surface area contributed by atoms with E-state index in [-0.39, 0.29) is 18.1 Å². The Morgan fingerprint density at radius 1 is 1.53 bits per heavy atom. The highest BCUT2D eigenvalue weighted by atomic mass is 16.4. The number of hydrogen-bond donors (Lipinski definition) is 2. The van der Waals surface area contributed by atoms with Crippen LogP contribution >= 0.6 is 0 Å². The van der Waals surface area contributed by atoms with Gasteiger partial charge in [0.2, 0.25) is 0 Å². The first-order valence-electron chi connectivity index (χ1n) is 6.33. The van der Waals surface area contributed by atoms with Crippen LogP contribution in [0.2, 0.25) is 0 Å². The van der Waals surface area contributed by atoms with E-state index in [4.69, 9.17) is 10.8 Å². The fourth-order valence-electron chi connectivity index (χ4n) is 1.90. The first-order chi connectivity index (χ1) is 9.10. The Hall–Kier alpha value is -1.89. The zero-order valence-electron chi connectivity index (χ0n) is 10.7. The molecule has 1 aromatic rings. The van der Waals surface area contributed by atoms with Gasteiger partial charge in [0.1, 0.15) is 12.2 Å². The Morgan fingerprint density at radius 2 is 2.26 bits per heavy atom. The molecule has 3 N–H and O–H groups in total. The third-order valence-corrected chi connectivity index (χ3v) is 3.03. The number of imidazole rings is 1. The van der Waals surface area contributed by atoms with E-state index in [1.54, 1.807) is 10.8 Å². The summed E-state index contributed by atoms with van der Waals surface area (Å²) in [5, 5.41) is 8.87. The molecular weight excluding hydrogens is 248 g/mol. The molecule has 0 aromatic carbocycles. The summed E-state index contributed by atoms with van der Waals surface area (Å²) in [5.74, 6) is -0.894. The quantitative estimate of drug-likeness (QED) is 0.710. The second-order valence-corrected chi connectivity index (χ2v) is 4.81.